The molecule has 0 amide bonds. The summed E-state index contributed by atoms with van der Waals surface area (Å²) in [4.78, 5) is 25.5. The number of halogens is 3. The predicted octanol–water partition coefficient (Wildman–Crippen LogP) is 7.80. The van der Waals surface area contributed by atoms with Gasteiger partial charge in [0.25, 0.3) is 0 Å². The summed E-state index contributed by atoms with van der Waals surface area (Å²) < 4.78 is 49.5. The maximum absolute atomic E-state index is 12.8. The molecule has 0 saturated heterocycles. The van der Waals surface area contributed by atoms with Gasteiger partial charge >= 0.3 is 6.18 Å². The van der Waals surface area contributed by atoms with Crippen molar-refractivity contribution in [2.24, 2.45) is 0 Å². The van der Waals surface area contributed by atoms with Crippen LogP contribution in [-0.2, 0) is 10.8 Å². The fraction of sp³-hybridized carbons (Fsp3) is 0.500. The van der Waals surface area contributed by atoms with Crippen LogP contribution in [0.5, 0.6) is 5.75 Å². The Balaban J connectivity index is 1.89. The highest BCUT2D eigenvalue weighted by molar-refractivity contribution is 6.74. The number of fused-ring (bicyclic) bond motifs is 3. The van der Waals surface area contributed by atoms with E-state index < -0.39 is 38.1 Å². The van der Waals surface area contributed by atoms with E-state index in [1.165, 1.54) is 12.1 Å². The smallest absolute Gasteiger partial charge is 0.389 e. The van der Waals surface area contributed by atoms with Gasteiger partial charge in [0.15, 0.2) is 8.32 Å². The molecule has 1 aliphatic carbocycles. The third kappa shape index (κ3) is 6.45. The summed E-state index contributed by atoms with van der Waals surface area (Å²) in [5.41, 5.74) is 2.27. The van der Waals surface area contributed by atoms with Crippen molar-refractivity contribution in [1.29, 1.82) is 0 Å². The standard InChI is InChI=1S/C28H35F3O4Si/c1-26(2,3)36(6,7)35-27(4,5)17-18-9-11-20-22(15-18)23-16-19(34-14-8-13-28(29,30)31)10-12-21(23)25(33)24(20)32/h9-12,15-16H,8,13-14,17H2,1-7H3. The van der Waals surface area contributed by atoms with Crippen molar-refractivity contribution in [3.05, 3.63) is 53.1 Å². The zero-order chi connectivity index (χ0) is 27.1. The third-order valence-corrected chi connectivity index (χ3v) is 11.6. The molecule has 196 valence electrons. The van der Waals surface area contributed by atoms with E-state index >= 15 is 0 Å². The predicted molar refractivity (Wildman–Crippen MR) is 137 cm³/mol. The molecule has 2 aromatic rings. The molecule has 8 heteroatoms. The first kappa shape index (κ1) is 28.1. The molecule has 4 nitrogen and oxygen atoms in total. The van der Waals surface area contributed by atoms with Crippen LogP contribution in [0, 0.1) is 0 Å². The lowest BCUT2D eigenvalue weighted by molar-refractivity contribution is -0.136. The van der Waals surface area contributed by atoms with E-state index in [4.69, 9.17) is 9.16 Å². The molecule has 0 radical (unpaired) electrons. The first-order chi connectivity index (χ1) is 16.4. The second-order valence-electron chi connectivity index (χ2n) is 11.6. The lowest BCUT2D eigenvalue weighted by Gasteiger charge is -2.43. The molecule has 2 aromatic carbocycles. The van der Waals surface area contributed by atoms with Crippen LogP contribution in [0.3, 0.4) is 0 Å². The van der Waals surface area contributed by atoms with Crippen LogP contribution in [0.15, 0.2) is 36.4 Å². The number of benzene rings is 2. The summed E-state index contributed by atoms with van der Waals surface area (Å²) in [6.45, 7) is 15.0. The number of ether oxygens (including phenoxy) is 1. The Morgan fingerprint density at radius 1 is 0.806 bits per heavy atom. The van der Waals surface area contributed by atoms with E-state index in [0.717, 1.165) is 5.56 Å². The van der Waals surface area contributed by atoms with Crippen LogP contribution in [0.4, 0.5) is 13.2 Å². The van der Waals surface area contributed by atoms with E-state index in [0.29, 0.717) is 28.9 Å². The summed E-state index contributed by atoms with van der Waals surface area (Å²) in [5.74, 6) is -0.814. The molecule has 0 bridgehead atoms. The van der Waals surface area contributed by atoms with E-state index in [1.54, 1.807) is 12.1 Å². The van der Waals surface area contributed by atoms with Crippen LogP contribution in [0.2, 0.25) is 18.1 Å². The second-order valence-corrected chi connectivity index (χ2v) is 16.3. The van der Waals surface area contributed by atoms with Gasteiger partial charge in [-0.15, -0.1) is 0 Å². The topological polar surface area (TPSA) is 52.6 Å². The van der Waals surface area contributed by atoms with Gasteiger partial charge in [-0.05, 0) is 79.7 Å². The van der Waals surface area contributed by atoms with Gasteiger partial charge < -0.3 is 9.16 Å². The maximum Gasteiger partial charge on any atom is 0.389 e. The van der Waals surface area contributed by atoms with Gasteiger partial charge in [-0.2, -0.15) is 13.2 Å². The van der Waals surface area contributed by atoms with Crippen molar-refractivity contribution in [3.63, 3.8) is 0 Å². The lowest BCUT2D eigenvalue weighted by atomic mass is 9.82. The van der Waals surface area contributed by atoms with Crippen LogP contribution in [-0.4, -0.2) is 38.3 Å². The number of alkyl halides is 3. The molecule has 0 unspecified atom stereocenters. The molecule has 0 atom stereocenters. The van der Waals surface area contributed by atoms with Crippen molar-refractivity contribution in [1.82, 2.24) is 0 Å². The summed E-state index contributed by atoms with van der Waals surface area (Å²) in [6.07, 6.45) is -4.72. The molecule has 0 spiro atoms. The molecule has 3 rings (SSSR count). The van der Waals surface area contributed by atoms with Gasteiger partial charge in [-0.25, -0.2) is 0 Å². The molecule has 0 heterocycles. The summed E-state index contributed by atoms with van der Waals surface area (Å²) in [6, 6.07) is 10.1. The summed E-state index contributed by atoms with van der Waals surface area (Å²) >= 11 is 0. The molecular weight excluding hydrogens is 485 g/mol. The lowest BCUT2D eigenvalue weighted by Crippen LogP contribution is -2.48. The third-order valence-electron chi connectivity index (χ3n) is 6.90. The number of Topliss-reactive ketones (excluding diaryl/α,β-unsaturated/α-hetero) is 2. The number of hydrogen-bond donors (Lipinski definition) is 0. The molecule has 0 saturated carbocycles. The van der Waals surface area contributed by atoms with E-state index in [1.807, 2.05) is 12.1 Å². The molecule has 0 fully saturated rings. The number of carbonyl (C=O) groups excluding carboxylic acids is 2. The minimum atomic E-state index is -4.23. The first-order valence-electron chi connectivity index (χ1n) is 12.2. The summed E-state index contributed by atoms with van der Waals surface area (Å²) in [5, 5.41) is 0.0579. The first-order valence-corrected chi connectivity index (χ1v) is 15.1. The van der Waals surface area contributed by atoms with Gasteiger partial charge in [0.2, 0.25) is 11.6 Å². The maximum atomic E-state index is 12.8. The van der Waals surface area contributed by atoms with Crippen LogP contribution in [0.25, 0.3) is 11.1 Å². The van der Waals surface area contributed by atoms with E-state index in [-0.39, 0.29) is 23.6 Å². The van der Waals surface area contributed by atoms with Gasteiger partial charge in [-0.3, -0.25) is 9.59 Å². The fourth-order valence-corrected chi connectivity index (χ4v) is 5.99. The normalized spacial score (nSPS) is 14.5. The average Bonchev–Trinajstić information content (AvgIpc) is 2.72. The number of rotatable bonds is 8. The zero-order valence-electron chi connectivity index (χ0n) is 22.1. The Morgan fingerprint density at radius 3 is 1.92 bits per heavy atom. The Hall–Kier alpha value is -2.45. The average molecular weight is 521 g/mol. The second kappa shape index (κ2) is 9.78. The molecule has 36 heavy (non-hydrogen) atoms. The molecule has 0 aliphatic heterocycles. The SMILES string of the molecule is CC(C)(Cc1ccc2c(c1)-c1cc(OCCCC(F)(F)F)ccc1C(=O)C2=O)O[Si](C)(C)C(C)(C)C. The van der Waals surface area contributed by atoms with Crippen molar-refractivity contribution < 1.29 is 31.9 Å². The van der Waals surface area contributed by atoms with Crippen LogP contribution < -0.4 is 4.74 Å². The fourth-order valence-electron chi connectivity index (χ4n) is 4.23. The highest BCUT2D eigenvalue weighted by Gasteiger charge is 2.41. The van der Waals surface area contributed by atoms with Gasteiger partial charge in [-0.1, -0.05) is 39.0 Å². The van der Waals surface area contributed by atoms with Gasteiger partial charge in [0, 0.05) is 17.5 Å². The molecular formula is C28H35F3O4Si. The number of hydrogen-bond acceptors (Lipinski definition) is 4. The van der Waals surface area contributed by atoms with Crippen LogP contribution in [0.1, 0.15) is 73.7 Å². The molecule has 1 aliphatic rings. The minimum Gasteiger partial charge on any atom is -0.494 e. The van der Waals surface area contributed by atoms with Crippen molar-refractivity contribution in [2.45, 2.75) is 83.8 Å². The Labute approximate surface area is 212 Å². The van der Waals surface area contributed by atoms with E-state index in [9.17, 15) is 22.8 Å². The number of ketones is 2. The summed E-state index contributed by atoms with van der Waals surface area (Å²) in [7, 11) is -2.02. The van der Waals surface area contributed by atoms with Crippen molar-refractivity contribution >= 4 is 19.9 Å². The minimum absolute atomic E-state index is 0.0579. The Kier molecular flexibility index (Phi) is 7.64. The quantitative estimate of drug-likeness (QED) is 0.202. The van der Waals surface area contributed by atoms with Gasteiger partial charge in [0.05, 0.1) is 12.2 Å². The highest BCUT2D eigenvalue weighted by Crippen LogP contribution is 2.41. The monoisotopic (exact) mass is 520 g/mol. The highest BCUT2D eigenvalue weighted by atomic mass is 28.4. The Bertz CT molecular complexity index is 1160. The van der Waals surface area contributed by atoms with Crippen molar-refractivity contribution in [3.8, 4) is 16.9 Å². The number of carbonyl (C=O) groups is 2. The van der Waals surface area contributed by atoms with Crippen LogP contribution >= 0.6 is 0 Å². The van der Waals surface area contributed by atoms with Gasteiger partial charge in [0.1, 0.15) is 5.75 Å². The zero-order valence-corrected chi connectivity index (χ0v) is 23.1. The van der Waals surface area contributed by atoms with E-state index in [2.05, 4.69) is 47.7 Å². The molecule has 0 aromatic heterocycles. The Morgan fingerprint density at radius 2 is 1.36 bits per heavy atom. The molecule has 0 N–H and O–H groups in total. The largest absolute Gasteiger partial charge is 0.494 e. The van der Waals surface area contributed by atoms with Crippen molar-refractivity contribution in [2.75, 3.05) is 6.61 Å².